The number of carbonyl (C=O) groups is 1. The Morgan fingerprint density at radius 1 is 1.29 bits per heavy atom. The van der Waals surface area contributed by atoms with E-state index in [4.69, 9.17) is 10.9 Å². The van der Waals surface area contributed by atoms with Crippen LogP contribution < -0.4 is 5.73 Å². The molecule has 1 aromatic rings. The van der Waals surface area contributed by atoms with Gasteiger partial charge in [0, 0.05) is 24.2 Å². The molecule has 2 unspecified atom stereocenters. The van der Waals surface area contributed by atoms with Crippen molar-refractivity contribution in [2.45, 2.75) is 38.6 Å². The molecule has 1 amide bonds. The molecule has 0 spiro atoms. The summed E-state index contributed by atoms with van der Waals surface area (Å²) in [5.41, 5.74) is 6.75. The van der Waals surface area contributed by atoms with Gasteiger partial charge < -0.3 is 15.8 Å². The summed E-state index contributed by atoms with van der Waals surface area (Å²) in [6.07, 6.45) is 4.60. The minimum absolute atomic E-state index is 0.0279. The molecule has 1 aliphatic rings. The highest BCUT2D eigenvalue weighted by atomic mass is 16.4. The second-order valence-corrected chi connectivity index (χ2v) is 5.90. The maximum absolute atomic E-state index is 12.5. The summed E-state index contributed by atoms with van der Waals surface area (Å²) < 4.78 is 0. The molecule has 0 bridgehead atoms. The van der Waals surface area contributed by atoms with Gasteiger partial charge in [0.05, 0.1) is 0 Å². The Labute approximate surface area is 125 Å². The first-order chi connectivity index (χ1) is 10.0. The average molecular weight is 289 g/mol. The molecule has 1 saturated carbocycles. The van der Waals surface area contributed by atoms with Crippen LogP contribution in [0, 0.1) is 5.92 Å². The van der Waals surface area contributed by atoms with Crippen LogP contribution >= 0.6 is 0 Å². The van der Waals surface area contributed by atoms with Gasteiger partial charge in [-0.05, 0) is 30.9 Å². The summed E-state index contributed by atoms with van der Waals surface area (Å²) >= 11 is 0. The van der Waals surface area contributed by atoms with Crippen molar-refractivity contribution in [2.24, 2.45) is 16.8 Å². The normalized spacial score (nSPS) is 22.9. The Balaban J connectivity index is 2.08. The van der Waals surface area contributed by atoms with Crippen molar-refractivity contribution in [2.75, 3.05) is 7.05 Å². The van der Waals surface area contributed by atoms with Crippen molar-refractivity contribution in [3.63, 3.8) is 0 Å². The predicted molar refractivity (Wildman–Crippen MR) is 82.5 cm³/mol. The van der Waals surface area contributed by atoms with Gasteiger partial charge in [-0.1, -0.05) is 37.1 Å². The monoisotopic (exact) mass is 289 g/mol. The highest BCUT2D eigenvalue weighted by Crippen LogP contribution is 2.27. The maximum atomic E-state index is 12.5. The van der Waals surface area contributed by atoms with E-state index < -0.39 is 0 Å². The van der Waals surface area contributed by atoms with Crippen molar-refractivity contribution in [1.82, 2.24) is 4.90 Å². The first-order valence-electron chi connectivity index (χ1n) is 7.38. The molecule has 1 aromatic carbocycles. The molecule has 0 aromatic heterocycles. The predicted octanol–water partition coefficient (Wildman–Crippen LogP) is 2.43. The molecule has 0 saturated heterocycles. The number of nitrogens with two attached hydrogens (primary N) is 1. The van der Waals surface area contributed by atoms with Gasteiger partial charge in [0.25, 0.3) is 5.91 Å². The Morgan fingerprint density at radius 2 is 1.90 bits per heavy atom. The molecule has 21 heavy (non-hydrogen) atoms. The van der Waals surface area contributed by atoms with Gasteiger partial charge in [-0.15, -0.1) is 0 Å². The number of oxime groups is 1. The standard InChI is InChI=1S/C16H23N3O2/c1-11-4-3-5-14(10-11)19(2)16(20)13-8-6-12(7-9-13)15(17)18-21/h6-9,11,14,21H,3-5,10H2,1-2H3,(H2,17,18). The summed E-state index contributed by atoms with van der Waals surface area (Å²) in [7, 11) is 1.88. The molecule has 0 aliphatic heterocycles. The van der Waals surface area contributed by atoms with Crippen molar-refractivity contribution in [3.05, 3.63) is 35.4 Å². The first kappa shape index (κ1) is 15.4. The smallest absolute Gasteiger partial charge is 0.253 e. The maximum Gasteiger partial charge on any atom is 0.253 e. The zero-order chi connectivity index (χ0) is 15.4. The van der Waals surface area contributed by atoms with Gasteiger partial charge in [-0.2, -0.15) is 0 Å². The molecular weight excluding hydrogens is 266 g/mol. The largest absolute Gasteiger partial charge is 0.409 e. The number of benzene rings is 1. The quantitative estimate of drug-likeness (QED) is 0.388. The number of amides is 1. The summed E-state index contributed by atoms with van der Waals surface area (Å²) in [5.74, 6) is 0.755. The van der Waals surface area contributed by atoms with Crippen LogP contribution in [-0.4, -0.2) is 34.9 Å². The Hall–Kier alpha value is -2.04. The second-order valence-electron chi connectivity index (χ2n) is 5.90. The third-order valence-corrected chi connectivity index (χ3v) is 4.31. The second kappa shape index (κ2) is 6.61. The van der Waals surface area contributed by atoms with E-state index in [2.05, 4.69) is 12.1 Å². The molecular formula is C16H23N3O2. The van der Waals surface area contributed by atoms with E-state index in [0.29, 0.717) is 23.1 Å². The van der Waals surface area contributed by atoms with Crippen LogP contribution in [0.2, 0.25) is 0 Å². The third-order valence-electron chi connectivity index (χ3n) is 4.31. The Bertz CT molecular complexity index is 525. The molecule has 0 heterocycles. The van der Waals surface area contributed by atoms with E-state index in [1.807, 2.05) is 11.9 Å². The Kier molecular flexibility index (Phi) is 4.83. The van der Waals surface area contributed by atoms with Crippen LogP contribution in [0.1, 0.15) is 48.5 Å². The van der Waals surface area contributed by atoms with E-state index in [1.165, 1.54) is 12.8 Å². The fraction of sp³-hybridized carbons (Fsp3) is 0.500. The van der Waals surface area contributed by atoms with Crippen LogP contribution in [0.4, 0.5) is 0 Å². The van der Waals surface area contributed by atoms with Gasteiger partial charge in [-0.25, -0.2) is 0 Å². The van der Waals surface area contributed by atoms with E-state index in [-0.39, 0.29) is 11.7 Å². The van der Waals surface area contributed by atoms with Gasteiger partial charge >= 0.3 is 0 Å². The van der Waals surface area contributed by atoms with Crippen LogP contribution in [0.15, 0.2) is 29.4 Å². The van der Waals surface area contributed by atoms with Gasteiger partial charge in [0.2, 0.25) is 0 Å². The van der Waals surface area contributed by atoms with Crippen LogP contribution in [0.5, 0.6) is 0 Å². The molecule has 2 rings (SSSR count). The van der Waals surface area contributed by atoms with Crippen molar-refractivity contribution >= 4 is 11.7 Å². The molecule has 3 N–H and O–H groups in total. The summed E-state index contributed by atoms with van der Waals surface area (Å²) in [6, 6.07) is 7.15. The van der Waals surface area contributed by atoms with Gasteiger partial charge in [-0.3, -0.25) is 4.79 Å². The van der Waals surface area contributed by atoms with Gasteiger partial charge in [0.15, 0.2) is 5.84 Å². The number of hydrogen-bond acceptors (Lipinski definition) is 3. The first-order valence-corrected chi connectivity index (χ1v) is 7.38. The lowest BCUT2D eigenvalue weighted by Crippen LogP contribution is -2.39. The van der Waals surface area contributed by atoms with Crippen molar-refractivity contribution in [1.29, 1.82) is 0 Å². The van der Waals surface area contributed by atoms with E-state index in [0.717, 1.165) is 12.8 Å². The lowest BCUT2D eigenvalue weighted by molar-refractivity contribution is 0.0672. The minimum Gasteiger partial charge on any atom is -0.409 e. The average Bonchev–Trinajstić information content (AvgIpc) is 2.53. The van der Waals surface area contributed by atoms with Crippen molar-refractivity contribution < 1.29 is 10.0 Å². The fourth-order valence-corrected chi connectivity index (χ4v) is 2.96. The van der Waals surface area contributed by atoms with E-state index in [1.54, 1.807) is 24.3 Å². The fourth-order valence-electron chi connectivity index (χ4n) is 2.96. The number of amidine groups is 1. The highest BCUT2D eigenvalue weighted by Gasteiger charge is 2.25. The zero-order valence-electron chi connectivity index (χ0n) is 12.6. The molecule has 114 valence electrons. The van der Waals surface area contributed by atoms with Crippen molar-refractivity contribution in [3.8, 4) is 0 Å². The molecule has 1 aliphatic carbocycles. The highest BCUT2D eigenvalue weighted by molar-refractivity contribution is 5.99. The minimum atomic E-state index is 0.0279. The molecule has 1 fully saturated rings. The summed E-state index contributed by atoms with van der Waals surface area (Å²) in [6.45, 7) is 2.25. The summed E-state index contributed by atoms with van der Waals surface area (Å²) in [4.78, 5) is 14.4. The van der Waals surface area contributed by atoms with Crippen LogP contribution in [0.3, 0.4) is 0 Å². The molecule has 5 heteroatoms. The van der Waals surface area contributed by atoms with E-state index in [9.17, 15) is 4.79 Å². The number of hydrogen-bond donors (Lipinski definition) is 2. The third kappa shape index (κ3) is 3.54. The number of rotatable bonds is 3. The van der Waals surface area contributed by atoms with Crippen LogP contribution in [-0.2, 0) is 0 Å². The SMILES string of the molecule is CC1CCCC(N(C)C(=O)c2ccc(C(N)=NO)cc2)C1. The van der Waals surface area contributed by atoms with E-state index >= 15 is 0 Å². The molecule has 2 atom stereocenters. The zero-order valence-corrected chi connectivity index (χ0v) is 12.6. The molecule has 5 nitrogen and oxygen atoms in total. The lowest BCUT2D eigenvalue weighted by atomic mass is 9.86. The van der Waals surface area contributed by atoms with Crippen LogP contribution in [0.25, 0.3) is 0 Å². The van der Waals surface area contributed by atoms with Gasteiger partial charge in [0.1, 0.15) is 0 Å². The topological polar surface area (TPSA) is 78.9 Å². The number of nitrogens with zero attached hydrogens (tertiary/aromatic N) is 2. The summed E-state index contributed by atoms with van der Waals surface area (Å²) in [5, 5.41) is 11.6. The molecule has 0 radical (unpaired) electrons. The number of carbonyl (C=O) groups excluding carboxylic acids is 1. The lowest BCUT2D eigenvalue weighted by Gasteiger charge is -2.34. The Morgan fingerprint density at radius 3 is 2.48 bits per heavy atom.